The van der Waals surface area contributed by atoms with Gasteiger partial charge in [0.25, 0.3) is 0 Å². The lowest BCUT2D eigenvalue weighted by atomic mass is 10.2. The van der Waals surface area contributed by atoms with Gasteiger partial charge in [0.05, 0.1) is 6.10 Å². The minimum Gasteiger partial charge on any atom is -0.396 e. The van der Waals surface area contributed by atoms with Gasteiger partial charge in [-0.3, -0.25) is 0 Å². The van der Waals surface area contributed by atoms with Gasteiger partial charge in [0, 0.05) is 32.3 Å². The minimum absolute atomic E-state index is 0.0129. The molecule has 1 aliphatic rings. The van der Waals surface area contributed by atoms with E-state index in [2.05, 4.69) is 19.2 Å². The number of hydrogen-bond acceptors (Lipinski definition) is 3. The Morgan fingerprint density at radius 1 is 1.47 bits per heavy atom. The molecule has 2 unspecified atom stereocenters. The summed E-state index contributed by atoms with van der Waals surface area (Å²) in [6.45, 7) is 8.61. The third kappa shape index (κ3) is 6.25. The van der Waals surface area contributed by atoms with Crippen molar-refractivity contribution in [2.45, 2.75) is 52.2 Å². The molecule has 0 aromatic heterocycles. The molecule has 112 valence electrons. The van der Waals surface area contributed by atoms with Crippen LogP contribution in [0, 0.1) is 5.92 Å². The van der Waals surface area contributed by atoms with Crippen LogP contribution in [0.15, 0.2) is 0 Å². The van der Waals surface area contributed by atoms with E-state index in [1.54, 1.807) is 0 Å². The summed E-state index contributed by atoms with van der Waals surface area (Å²) in [6.07, 6.45) is 2.64. The molecule has 0 aromatic carbocycles. The highest BCUT2D eigenvalue weighted by Crippen LogP contribution is 2.14. The van der Waals surface area contributed by atoms with E-state index in [4.69, 9.17) is 9.84 Å². The molecule has 5 heteroatoms. The third-order valence-corrected chi connectivity index (χ3v) is 3.26. The lowest BCUT2D eigenvalue weighted by Gasteiger charge is -2.21. The fraction of sp³-hybridized carbons (Fsp3) is 0.929. The Labute approximate surface area is 116 Å². The second-order valence-corrected chi connectivity index (χ2v) is 5.80. The first-order valence-electron chi connectivity index (χ1n) is 7.30. The highest BCUT2D eigenvalue weighted by atomic mass is 16.5. The fourth-order valence-electron chi connectivity index (χ4n) is 2.15. The molecule has 2 atom stereocenters. The number of carbonyl (C=O) groups is 1. The number of hydrogen-bond donors (Lipinski definition) is 2. The molecule has 0 radical (unpaired) electrons. The van der Waals surface area contributed by atoms with E-state index in [1.165, 1.54) is 0 Å². The summed E-state index contributed by atoms with van der Waals surface area (Å²) in [5.74, 6) is 0.529. The number of carbonyl (C=O) groups excluding carboxylic acids is 1. The Hall–Kier alpha value is -0.810. The highest BCUT2D eigenvalue weighted by molar-refractivity contribution is 5.74. The molecule has 2 N–H and O–H groups in total. The number of ether oxygens (including phenoxy) is 1. The van der Waals surface area contributed by atoms with Crippen molar-refractivity contribution in [3.05, 3.63) is 0 Å². The van der Waals surface area contributed by atoms with Crippen molar-refractivity contribution < 1.29 is 14.6 Å². The van der Waals surface area contributed by atoms with Crippen molar-refractivity contribution in [1.29, 1.82) is 0 Å². The molecule has 1 saturated heterocycles. The van der Waals surface area contributed by atoms with Crippen LogP contribution in [-0.2, 0) is 4.74 Å². The summed E-state index contributed by atoms with van der Waals surface area (Å²) in [5, 5.41) is 11.7. The van der Waals surface area contributed by atoms with Gasteiger partial charge in [0.2, 0.25) is 0 Å². The van der Waals surface area contributed by atoms with E-state index in [-0.39, 0.29) is 24.8 Å². The van der Waals surface area contributed by atoms with E-state index < -0.39 is 0 Å². The zero-order chi connectivity index (χ0) is 14.3. The van der Waals surface area contributed by atoms with E-state index >= 15 is 0 Å². The van der Waals surface area contributed by atoms with Crippen molar-refractivity contribution in [2.75, 3.05) is 26.3 Å². The molecule has 2 amide bonds. The van der Waals surface area contributed by atoms with Gasteiger partial charge in [0.1, 0.15) is 0 Å². The first-order valence-corrected chi connectivity index (χ1v) is 7.30. The fourth-order valence-corrected chi connectivity index (χ4v) is 2.15. The molecular formula is C14H28N2O3. The van der Waals surface area contributed by atoms with Crippen LogP contribution >= 0.6 is 0 Å². The van der Waals surface area contributed by atoms with Crippen LogP contribution in [-0.4, -0.2) is 54.5 Å². The first kappa shape index (κ1) is 16.2. The Balaban J connectivity index is 2.23. The molecule has 0 spiro atoms. The predicted molar refractivity (Wildman–Crippen MR) is 75.1 cm³/mol. The quantitative estimate of drug-likeness (QED) is 0.740. The highest BCUT2D eigenvalue weighted by Gasteiger charge is 2.27. The van der Waals surface area contributed by atoms with Gasteiger partial charge in [-0.2, -0.15) is 0 Å². The molecule has 0 bridgehead atoms. The lowest BCUT2D eigenvalue weighted by molar-refractivity contribution is 0.0435. The summed E-state index contributed by atoms with van der Waals surface area (Å²) < 4.78 is 5.76. The third-order valence-electron chi connectivity index (χ3n) is 3.26. The molecule has 0 aliphatic carbocycles. The average molecular weight is 272 g/mol. The van der Waals surface area contributed by atoms with Gasteiger partial charge >= 0.3 is 6.03 Å². The zero-order valence-corrected chi connectivity index (χ0v) is 12.4. The van der Waals surface area contributed by atoms with Crippen molar-refractivity contribution in [1.82, 2.24) is 10.2 Å². The van der Waals surface area contributed by atoms with E-state index in [0.717, 1.165) is 32.4 Å². The van der Waals surface area contributed by atoms with Crippen LogP contribution in [0.4, 0.5) is 4.79 Å². The SMILES string of the molecule is CC(C)COC1CCN(C(=O)NC(C)CCCO)C1. The largest absolute Gasteiger partial charge is 0.396 e. The summed E-state index contributed by atoms with van der Waals surface area (Å²) in [4.78, 5) is 13.8. The molecule has 0 saturated carbocycles. The lowest BCUT2D eigenvalue weighted by Crippen LogP contribution is -2.43. The van der Waals surface area contributed by atoms with E-state index in [9.17, 15) is 4.79 Å². The number of urea groups is 1. The second kappa shape index (κ2) is 8.38. The van der Waals surface area contributed by atoms with E-state index in [0.29, 0.717) is 12.5 Å². The topological polar surface area (TPSA) is 61.8 Å². The van der Waals surface area contributed by atoms with Crippen molar-refractivity contribution >= 4 is 6.03 Å². The normalized spacial score (nSPS) is 20.9. The maximum atomic E-state index is 12.0. The van der Waals surface area contributed by atoms with Gasteiger partial charge in [0.15, 0.2) is 0 Å². The van der Waals surface area contributed by atoms with Crippen LogP contribution < -0.4 is 5.32 Å². The number of likely N-dealkylation sites (tertiary alicyclic amines) is 1. The van der Waals surface area contributed by atoms with Crippen LogP contribution in [0.3, 0.4) is 0 Å². The van der Waals surface area contributed by atoms with Crippen LogP contribution in [0.5, 0.6) is 0 Å². The van der Waals surface area contributed by atoms with Gasteiger partial charge in [-0.05, 0) is 32.1 Å². The number of nitrogens with zero attached hydrogens (tertiary/aromatic N) is 1. The van der Waals surface area contributed by atoms with Crippen molar-refractivity contribution in [2.24, 2.45) is 5.92 Å². The Morgan fingerprint density at radius 3 is 2.84 bits per heavy atom. The van der Waals surface area contributed by atoms with Gasteiger partial charge in [-0.15, -0.1) is 0 Å². The number of rotatable bonds is 7. The van der Waals surface area contributed by atoms with Crippen LogP contribution in [0.25, 0.3) is 0 Å². The second-order valence-electron chi connectivity index (χ2n) is 5.80. The number of amides is 2. The monoisotopic (exact) mass is 272 g/mol. The zero-order valence-electron chi connectivity index (χ0n) is 12.4. The standard InChI is InChI=1S/C14H28N2O3/c1-11(2)10-19-13-6-7-16(9-13)14(18)15-12(3)5-4-8-17/h11-13,17H,4-10H2,1-3H3,(H,15,18). The predicted octanol–water partition coefficient (Wildman–Crippen LogP) is 1.60. The molecule has 1 fully saturated rings. The smallest absolute Gasteiger partial charge is 0.317 e. The average Bonchev–Trinajstić information content (AvgIpc) is 2.82. The molecule has 5 nitrogen and oxygen atoms in total. The Bertz CT molecular complexity index is 271. The van der Waals surface area contributed by atoms with E-state index in [1.807, 2.05) is 11.8 Å². The molecule has 1 rings (SSSR count). The molecular weight excluding hydrogens is 244 g/mol. The summed E-state index contributed by atoms with van der Waals surface area (Å²) in [7, 11) is 0. The number of aliphatic hydroxyl groups is 1. The van der Waals surface area contributed by atoms with Gasteiger partial charge in [-0.1, -0.05) is 13.8 Å². The summed E-state index contributed by atoms with van der Waals surface area (Å²) in [6, 6.07) is 0.0939. The van der Waals surface area contributed by atoms with Crippen molar-refractivity contribution in [3.63, 3.8) is 0 Å². The first-order chi connectivity index (χ1) is 9.02. The summed E-state index contributed by atoms with van der Waals surface area (Å²) >= 11 is 0. The summed E-state index contributed by atoms with van der Waals surface area (Å²) in [5.41, 5.74) is 0. The van der Waals surface area contributed by atoms with Gasteiger partial charge < -0.3 is 20.1 Å². The van der Waals surface area contributed by atoms with Crippen LogP contribution in [0.2, 0.25) is 0 Å². The molecule has 0 aromatic rings. The maximum absolute atomic E-state index is 12.0. The Morgan fingerprint density at radius 2 is 2.21 bits per heavy atom. The maximum Gasteiger partial charge on any atom is 0.317 e. The number of nitrogens with one attached hydrogen (secondary N) is 1. The molecule has 1 heterocycles. The molecule has 19 heavy (non-hydrogen) atoms. The van der Waals surface area contributed by atoms with Gasteiger partial charge in [-0.25, -0.2) is 4.79 Å². The molecule has 1 aliphatic heterocycles. The number of aliphatic hydroxyl groups excluding tert-OH is 1. The van der Waals surface area contributed by atoms with Crippen LogP contribution in [0.1, 0.15) is 40.0 Å². The van der Waals surface area contributed by atoms with Crippen molar-refractivity contribution in [3.8, 4) is 0 Å². The Kier molecular flexibility index (Phi) is 7.16. The minimum atomic E-state index is -0.0129.